The number of hydrogen-bond donors (Lipinski definition) is 2. The number of aromatic nitrogens is 3. The lowest BCUT2D eigenvalue weighted by Gasteiger charge is -2.41. The third-order valence-electron chi connectivity index (χ3n) is 5.61. The first-order valence-corrected chi connectivity index (χ1v) is 9.49. The second-order valence-corrected chi connectivity index (χ2v) is 7.38. The van der Waals surface area contributed by atoms with Crippen molar-refractivity contribution in [1.82, 2.24) is 25.2 Å². The molecule has 3 aliphatic heterocycles. The molecule has 0 saturated carbocycles. The summed E-state index contributed by atoms with van der Waals surface area (Å²) in [6.45, 7) is 4.76. The lowest BCUT2D eigenvalue weighted by molar-refractivity contribution is -0.126. The summed E-state index contributed by atoms with van der Waals surface area (Å²) >= 11 is 0. The number of hydrogen-bond acceptors (Lipinski definition) is 6. The molecule has 0 aromatic carbocycles. The van der Waals surface area contributed by atoms with E-state index >= 15 is 0 Å². The molecule has 0 spiro atoms. The van der Waals surface area contributed by atoms with E-state index in [4.69, 9.17) is 9.72 Å². The molecule has 138 valence electrons. The van der Waals surface area contributed by atoms with E-state index in [1.807, 2.05) is 10.6 Å². The van der Waals surface area contributed by atoms with Crippen LogP contribution in [0.2, 0.25) is 0 Å². The molecule has 2 N–H and O–H groups in total. The average Bonchev–Trinajstić information content (AvgIpc) is 3.20. The fourth-order valence-corrected chi connectivity index (χ4v) is 4.12. The SMILES string of the molecule is O=C(NC1CCOC1)C1CN(c2c3c(nc4ccnn24)CCNCC3)C1. The molecule has 8 nitrogen and oxygen atoms in total. The van der Waals surface area contributed by atoms with E-state index < -0.39 is 0 Å². The van der Waals surface area contributed by atoms with E-state index in [1.165, 1.54) is 5.56 Å². The summed E-state index contributed by atoms with van der Waals surface area (Å²) in [4.78, 5) is 19.6. The average molecular weight is 356 g/mol. The zero-order valence-electron chi connectivity index (χ0n) is 14.8. The van der Waals surface area contributed by atoms with Crippen molar-refractivity contribution in [2.45, 2.75) is 25.3 Å². The van der Waals surface area contributed by atoms with E-state index in [2.05, 4.69) is 20.6 Å². The van der Waals surface area contributed by atoms with Gasteiger partial charge in [0, 0.05) is 44.3 Å². The van der Waals surface area contributed by atoms with Gasteiger partial charge in [-0.05, 0) is 19.4 Å². The highest BCUT2D eigenvalue weighted by molar-refractivity contribution is 5.82. The van der Waals surface area contributed by atoms with Gasteiger partial charge in [-0.1, -0.05) is 0 Å². The van der Waals surface area contributed by atoms with E-state index in [1.54, 1.807) is 6.20 Å². The third kappa shape index (κ3) is 2.73. The van der Waals surface area contributed by atoms with Crippen molar-refractivity contribution in [1.29, 1.82) is 0 Å². The monoisotopic (exact) mass is 356 g/mol. The molecule has 26 heavy (non-hydrogen) atoms. The number of carbonyl (C=O) groups is 1. The van der Waals surface area contributed by atoms with Crippen LogP contribution < -0.4 is 15.5 Å². The Morgan fingerprint density at radius 1 is 1.31 bits per heavy atom. The van der Waals surface area contributed by atoms with Gasteiger partial charge in [0.25, 0.3) is 0 Å². The quantitative estimate of drug-likeness (QED) is 0.790. The predicted octanol–water partition coefficient (Wildman–Crippen LogP) is -0.241. The molecule has 0 radical (unpaired) electrons. The molecule has 2 aromatic rings. The van der Waals surface area contributed by atoms with E-state index in [9.17, 15) is 4.79 Å². The number of rotatable bonds is 3. The van der Waals surface area contributed by atoms with Crippen LogP contribution in [0.1, 0.15) is 17.7 Å². The highest BCUT2D eigenvalue weighted by atomic mass is 16.5. The fourth-order valence-electron chi connectivity index (χ4n) is 4.12. The summed E-state index contributed by atoms with van der Waals surface area (Å²) in [5, 5.41) is 11.1. The van der Waals surface area contributed by atoms with Gasteiger partial charge in [0.2, 0.25) is 5.91 Å². The van der Waals surface area contributed by atoms with E-state index in [0.29, 0.717) is 6.61 Å². The van der Waals surface area contributed by atoms with Gasteiger partial charge in [-0.2, -0.15) is 9.61 Å². The van der Waals surface area contributed by atoms with Crippen LogP contribution in [-0.4, -0.2) is 65.9 Å². The largest absolute Gasteiger partial charge is 0.379 e. The van der Waals surface area contributed by atoms with Crippen LogP contribution in [0, 0.1) is 5.92 Å². The summed E-state index contributed by atoms with van der Waals surface area (Å²) in [5.41, 5.74) is 3.32. The van der Waals surface area contributed by atoms with Crippen LogP contribution in [-0.2, 0) is 22.4 Å². The molecular formula is C18H24N6O2. The Balaban J connectivity index is 1.37. The smallest absolute Gasteiger partial charge is 0.226 e. The first-order valence-electron chi connectivity index (χ1n) is 9.49. The Morgan fingerprint density at radius 3 is 3.04 bits per heavy atom. The Morgan fingerprint density at radius 2 is 2.19 bits per heavy atom. The van der Waals surface area contributed by atoms with Crippen molar-refractivity contribution in [3.63, 3.8) is 0 Å². The summed E-state index contributed by atoms with van der Waals surface area (Å²) in [6, 6.07) is 2.13. The van der Waals surface area contributed by atoms with Gasteiger partial charge < -0.3 is 20.3 Å². The number of anilines is 1. The number of fused-ring (bicyclic) bond motifs is 2. The lowest BCUT2D eigenvalue weighted by atomic mass is 9.97. The first-order chi connectivity index (χ1) is 12.8. The zero-order chi connectivity index (χ0) is 17.5. The van der Waals surface area contributed by atoms with Crippen LogP contribution in [0.15, 0.2) is 12.3 Å². The van der Waals surface area contributed by atoms with Crippen molar-refractivity contribution < 1.29 is 9.53 Å². The van der Waals surface area contributed by atoms with Gasteiger partial charge in [-0.3, -0.25) is 4.79 Å². The summed E-state index contributed by atoms with van der Waals surface area (Å²) in [5.74, 6) is 1.30. The van der Waals surface area contributed by atoms with Crippen LogP contribution >= 0.6 is 0 Å². The molecule has 1 atom stereocenters. The molecule has 8 heteroatoms. The van der Waals surface area contributed by atoms with Crippen LogP contribution in [0.5, 0.6) is 0 Å². The molecule has 1 amide bonds. The lowest BCUT2D eigenvalue weighted by Crippen LogP contribution is -2.56. The van der Waals surface area contributed by atoms with Crippen LogP contribution in [0.3, 0.4) is 0 Å². The first kappa shape index (κ1) is 16.0. The molecule has 2 saturated heterocycles. The van der Waals surface area contributed by atoms with Gasteiger partial charge in [0.1, 0.15) is 5.82 Å². The van der Waals surface area contributed by atoms with Gasteiger partial charge in [0.05, 0.1) is 30.5 Å². The molecule has 3 aliphatic rings. The Bertz CT molecular complexity index is 822. The van der Waals surface area contributed by atoms with Crippen molar-refractivity contribution in [2.24, 2.45) is 5.92 Å². The topological polar surface area (TPSA) is 83.8 Å². The molecule has 0 aliphatic carbocycles. The molecule has 1 unspecified atom stereocenters. The minimum Gasteiger partial charge on any atom is -0.379 e. The zero-order valence-corrected chi connectivity index (χ0v) is 14.8. The van der Waals surface area contributed by atoms with Crippen molar-refractivity contribution >= 4 is 17.4 Å². The third-order valence-corrected chi connectivity index (χ3v) is 5.61. The maximum Gasteiger partial charge on any atom is 0.226 e. The predicted molar refractivity (Wildman–Crippen MR) is 96.3 cm³/mol. The van der Waals surface area contributed by atoms with Crippen LogP contribution in [0.4, 0.5) is 5.82 Å². The Kier molecular flexibility index (Phi) is 4.01. The highest BCUT2D eigenvalue weighted by Gasteiger charge is 2.37. The maximum absolute atomic E-state index is 12.5. The van der Waals surface area contributed by atoms with Gasteiger partial charge >= 0.3 is 0 Å². The number of ether oxygens (including phenoxy) is 1. The Labute approximate surface area is 151 Å². The second-order valence-electron chi connectivity index (χ2n) is 7.38. The van der Waals surface area contributed by atoms with E-state index in [-0.39, 0.29) is 17.9 Å². The number of amides is 1. The highest BCUT2D eigenvalue weighted by Crippen LogP contribution is 2.31. The molecule has 2 aromatic heterocycles. The minimum absolute atomic E-state index is 0.0360. The maximum atomic E-state index is 12.5. The molecule has 2 fully saturated rings. The van der Waals surface area contributed by atoms with Gasteiger partial charge in [-0.25, -0.2) is 4.98 Å². The van der Waals surface area contributed by atoms with Crippen molar-refractivity contribution in [2.75, 3.05) is 44.3 Å². The summed E-state index contributed by atoms with van der Waals surface area (Å²) < 4.78 is 7.28. The van der Waals surface area contributed by atoms with Crippen molar-refractivity contribution in [3.8, 4) is 0 Å². The molecule has 5 heterocycles. The summed E-state index contributed by atoms with van der Waals surface area (Å²) in [6.07, 6.45) is 4.60. The second kappa shape index (κ2) is 6.51. The summed E-state index contributed by atoms with van der Waals surface area (Å²) in [7, 11) is 0. The number of nitrogens with one attached hydrogen (secondary N) is 2. The van der Waals surface area contributed by atoms with E-state index in [0.717, 1.165) is 69.2 Å². The molecule has 0 bridgehead atoms. The number of carbonyl (C=O) groups excluding carboxylic acids is 1. The van der Waals surface area contributed by atoms with Gasteiger partial charge in [-0.15, -0.1) is 0 Å². The van der Waals surface area contributed by atoms with Crippen molar-refractivity contribution in [3.05, 3.63) is 23.5 Å². The minimum atomic E-state index is 0.0360. The number of nitrogens with zero attached hydrogens (tertiary/aromatic N) is 4. The van der Waals surface area contributed by atoms with Crippen LogP contribution in [0.25, 0.3) is 5.65 Å². The fraction of sp³-hybridized carbons (Fsp3) is 0.611. The Hall–Kier alpha value is -2.19. The normalized spacial score (nSPS) is 23.5. The molecule has 5 rings (SSSR count). The van der Waals surface area contributed by atoms with Gasteiger partial charge in [0.15, 0.2) is 5.65 Å². The standard InChI is InChI=1S/C18H24N6O2/c25-17(21-13-4-8-26-11-13)12-9-23(10-12)18-14-1-5-19-6-2-15(14)22-16-3-7-20-24(16)18/h3,7,12-13,19H,1-2,4-6,8-11H2,(H,21,25). The molecular weight excluding hydrogens is 332 g/mol.